The van der Waals surface area contributed by atoms with Crippen molar-refractivity contribution < 1.29 is 19.1 Å². The van der Waals surface area contributed by atoms with Crippen LogP contribution in [0.1, 0.15) is 45.3 Å². The van der Waals surface area contributed by atoms with Crippen LogP contribution in [-0.2, 0) is 19.1 Å². The number of pyridine rings is 1. The van der Waals surface area contributed by atoms with Crippen LogP contribution in [0.4, 0.5) is 0 Å². The van der Waals surface area contributed by atoms with E-state index in [1.807, 2.05) is 6.92 Å². The van der Waals surface area contributed by atoms with Gasteiger partial charge in [-0.1, -0.05) is 19.9 Å². The molecule has 0 spiro atoms. The van der Waals surface area contributed by atoms with Crippen LogP contribution in [0.2, 0.25) is 0 Å². The first-order chi connectivity index (χ1) is 9.08. The first-order valence-electron chi connectivity index (χ1n) is 6.38. The molecule has 1 aromatic heterocycles. The molecule has 0 amide bonds. The third kappa shape index (κ3) is 4.69. The van der Waals surface area contributed by atoms with Crippen LogP contribution in [0.25, 0.3) is 0 Å². The predicted molar refractivity (Wildman–Crippen MR) is 69.2 cm³/mol. The summed E-state index contributed by atoms with van der Waals surface area (Å²) in [6.45, 7) is 5.37. The van der Waals surface area contributed by atoms with E-state index in [1.165, 1.54) is 6.20 Å². The number of hydrogen-bond acceptors (Lipinski definition) is 5. The molecule has 104 valence electrons. The zero-order valence-electron chi connectivity index (χ0n) is 11.5. The van der Waals surface area contributed by atoms with E-state index in [4.69, 9.17) is 9.47 Å². The van der Waals surface area contributed by atoms with E-state index >= 15 is 0 Å². The highest BCUT2D eigenvalue weighted by molar-refractivity contribution is 5.80. The van der Waals surface area contributed by atoms with Gasteiger partial charge in [-0.3, -0.25) is 9.78 Å². The molecule has 0 saturated heterocycles. The summed E-state index contributed by atoms with van der Waals surface area (Å²) in [5.41, 5.74) is 0.512. The fourth-order valence-corrected chi connectivity index (χ4v) is 1.34. The maximum Gasteiger partial charge on any atom is 0.352 e. The highest BCUT2D eigenvalue weighted by Gasteiger charge is 2.27. The second-order valence-electron chi connectivity index (χ2n) is 4.17. The normalized spacial score (nSPS) is 13.4. The van der Waals surface area contributed by atoms with E-state index in [9.17, 15) is 9.59 Å². The number of carbonyl (C=O) groups is 2. The summed E-state index contributed by atoms with van der Waals surface area (Å²) in [7, 11) is 0. The van der Waals surface area contributed by atoms with Crippen LogP contribution in [0.3, 0.4) is 0 Å². The molecule has 0 bridgehead atoms. The standard InChI is InChI=1S/C14H19NO4/c1-4-10(3)18-14(17)13(19-12(16)5-2)11-7-6-8-15-9-11/h6-10,13H,4-5H2,1-3H3. The van der Waals surface area contributed by atoms with Gasteiger partial charge < -0.3 is 9.47 Å². The molecule has 19 heavy (non-hydrogen) atoms. The second kappa shape index (κ2) is 7.51. The van der Waals surface area contributed by atoms with E-state index < -0.39 is 18.0 Å². The Balaban J connectivity index is 2.86. The summed E-state index contributed by atoms with van der Waals surface area (Å²) in [6, 6.07) is 3.36. The van der Waals surface area contributed by atoms with Gasteiger partial charge in [-0.2, -0.15) is 0 Å². The van der Waals surface area contributed by atoms with E-state index in [0.29, 0.717) is 12.0 Å². The van der Waals surface area contributed by atoms with E-state index in [1.54, 1.807) is 32.2 Å². The number of aromatic nitrogens is 1. The van der Waals surface area contributed by atoms with Crippen LogP contribution in [0.5, 0.6) is 0 Å². The zero-order chi connectivity index (χ0) is 14.3. The average molecular weight is 265 g/mol. The van der Waals surface area contributed by atoms with Crippen LogP contribution in [0.15, 0.2) is 24.5 Å². The molecule has 0 saturated carbocycles. The van der Waals surface area contributed by atoms with E-state index in [0.717, 1.165) is 0 Å². The minimum atomic E-state index is -1.05. The Kier molecular flexibility index (Phi) is 5.99. The third-order valence-corrected chi connectivity index (χ3v) is 2.63. The maximum atomic E-state index is 12.0. The third-order valence-electron chi connectivity index (χ3n) is 2.63. The monoisotopic (exact) mass is 265 g/mol. The van der Waals surface area contributed by atoms with Gasteiger partial charge in [0.2, 0.25) is 6.10 Å². The lowest BCUT2D eigenvalue weighted by atomic mass is 10.1. The van der Waals surface area contributed by atoms with Crippen molar-refractivity contribution in [3.8, 4) is 0 Å². The maximum absolute atomic E-state index is 12.0. The Morgan fingerprint density at radius 1 is 1.32 bits per heavy atom. The van der Waals surface area contributed by atoms with Gasteiger partial charge in [-0.25, -0.2) is 4.79 Å². The van der Waals surface area contributed by atoms with Crippen molar-refractivity contribution in [2.75, 3.05) is 0 Å². The van der Waals surface area contributed by atoms with Gasteiger partial charge in [0.25, 0.3) is 0 Å². The van der Waals surface area contributed by atoms with Crippen LogP contribution in [0, 0.1) is 0 Å². The molecule has 2 atom stereocenters. The van der Waals surface area contributed by atoms with Gasteiger partial charge in [0, 0.05) is 24.4 Å². The first kappa shape index (κ1) is 15.1. The number of nitrogens with zero attached hydrogens (tertiary/aromatic N) is 1. The quantitative estimate of drug-likeness (QED) is 0.739. The van der Waals surface area contributed by atoms with Gasteiger partial charge in [0.1, 0.15) is 0 Å². The van der Waals surface area contributed by atoms with E-state index in [-0.39, 0.29) is 12.5 Å². The fraction of sp³-hybridized carbons (Fsp3) is 0.500. The molecule has 5 heteroatoms. The molecule has 5 nitrogen and oxygen atoms in total. The Labute approximate surface area is 112 Å². The molecule has 0 aliphatic heterocycles. The molecule has 1 aromatic rings. The van der Waals surface area contributed by atoms with Crippen molar-refractivity contribution >= 4 is 11.9 Å². The molecular weight excluding hydrogens is 246 g/mol. The van der Waals surface area contributed by atoms with Crippen LogP contribution in [-0.4, -0.2) is 23.0 Å². The molecule has 0 aromatic carbocycles. The Morgan fingerprint density at radius 3 is 2.58 bits per heavy atom. The molecule has 0 N–H and O–H groups in total. The van der Waals surface area contributed by atoms with Crippen molar-refractivity contribution in [3.05, 3.63) is 30.1 Å². The summed E-state index contributed by atoms with van der Waals surface area (Å²) in [5.74, 6) is -1.01. The Hall–Kier alpha value is -1.91. The van der Waals surface area contributed by atoms with Gasteiger partial charge in [0.05, 0.1) is 6.10 Å². The van der Waals surface area contributed by atoms with Gasteiger partial charge in [-0.15, -0.1) is 0 Å². The number of esters is 2. The summed E-state index contributed by atoms with van der Waals surface area (Å²) >= 11 is 0. The molecule has 0 aliphatic rings. The minimum absolute atomic E-state index is 0.202. The Bertz CT molecular complexity index is 419. The summed E-state index contributed by atoms with van der Waals surface area (Å²) < 4.78 is 10.4. The van der Waals surface area contributed by atoms with Crippen molar-refractivity contribution in [2.45, 2.75) is 45.8 Å². The molecule has 1 heterocycles. The summed E-state index contributed by atoms with van der Waals surface area (Å²) in [4.78, 5) is 27.4. The predicted octanol–water partition coefficient (Wildman–Crippen LogP) is 2.42. The van der Waals surface area contributed by atoms with Gasteiger partial charge in [-0.05, 0) is 19.4 Å². The smallest absolute Gasteiger partial charge is 0.352 e. The molecule has 1 rings (SSSR count). The number of ether oxygens (including phenoxy) is 2. The van der Waals surface area contributed by atoms with Crippen LogP contribution < -0.4 is 0 Å². The molecule has 0 fully saturated rings. The van der Waals surface area contributed by atoms with E-state index in [2.05, 4.69) is 4.98 Å². The zero-order valence-corrected chi connectivity index (χ0v) is 11.5. The van der Waals surface area contributed by atoms with Crippen molar-refractivity contribution in [3.63, 3.8) is 0 Å². The summed E-state index contributed by atoms with van der Waals surface area (Å²) in [5, 5.41) is 0. The largest absolute Gasteiger partial charge is 0.460 e. The first-order valence-corrected chi connectivity index (χ1v) is 6.38. The highest BCUT2D eigenvalue weighted by Crippen LogP contribution is 2.20. The molecule has 0 radical (unpaired) electrons. The topological polar surface area (TPSA) is 65.5 Å². The lowest BCUT2D eigenvalue weighted by Crippen LogP contribution is -2.25. The second-order valence-corrected chi connectivity index (χ2v) is 4.17. The van der Waals surface area contributed by atoms with Crippen molar-refractivity contribution in [1.29, 1.82) is 0 Å². The average Bonchev–Trinajstić information content (AvgIpc) is 2.44. The Morgan fingerprint density at radius 2 is 2.05 bits per heavy atom. The fourth-order valence-electron chi connectivity index (χ4n) is 1.34. The van der Waals surface area contributed by atoms with Crippen LogP contribution >= 0.6 is 0 Å². The van der Waals surface area contributed by atoms with Crippen molar-refractivity contribution in [2.24, 2.45) is 0 Å². The lowest BCUT2D eigenvalue weighted by molar-refractivity contribution is -0.171. The molecule has 0 aliphatic carbocycles. The molecule has 2 unspecified atom stereocenters. The summed E-state index contributed by atoms with van der Waals surface area (Å²) in [6.07, 6.45) is 2.72. The van der Waals surface area contributed by atoms with Crippen molar-refractivity contribution in [1.82, 2.24) is 4.98 Å². The SMILES string of the molecule is CCC(=O)OC(C(=O)OC(C)CC)c1cccnc1. The number of carbonyl (C=O) groups excluding carboxylic acids is 2. The highest BCUT2D eigenvalue weighted by atomic mass is 16.6. The lowest BCUT2D eigenvalue weighted by Gasteiger charge is -2.19. The van der Waals surface area contributed by atoms with Gasteiger partial charge in [0.15, 0.2) is 0 Å². The van der Waals surface area contributed by atoms with Gasteiger partial charge >= 0.3 is 11.9 Å². The number of rotatable bonds is 6. The minimum Gasteiger partial charge on any atom is -0.460 e. The molecular formula is C14H19NO4. The number of hydrogen-bond donors (Lipinski definition) is 0.